The first-order chi connectivity index (χ1) is 13.4. The molecule has 0 aliphatic carbocycles. The molecule has 0 saturated heterocycles. The zero-order valence-electron chi connectivity index (χ0n) is 16.3. The Labute approximate surface area is 164 Å². The SMILES string of the molecule is CCNC(=O)NC(=O)[C@@H](NCC(=O)Nc1c(C)cccc1C)c1ccccc1. The van der Waals surface area contributed by atoms with E-state index in [0.29, 0.717) is 12.1 Å². The van der Waals surface area contributed by atoms with Gasteiger partial charge in [0, 0.05) is 12.2 Å². The summed E-state index contributed by atoms with van der Waals surface area (Å²) >= 11 is 0. The Balaban J connectivity index is 2.07. The maximum Gasteiger partial charge on any atom is 0.321 e. The van der Waals surface area contributed by atoms with Crippen LogP contribution in [-0.4, -0.2) is 30.9 Å². The minimum atomic E-state index is -0.840. The summed E-state index contributed by atoms with van der Waals surface area (Å²) in [5.41, 5.74) is 3.34. The van der Waals surface area contributed by atoms with E-state index < -0.39 is 18.0 Å². The van der Waals surface area contributed by atoms with Gasteiger partial charge in [0.05, 0.1) is 6.54 Å². The van der Waals surface area contributed by atoms with Gasteiger partial charge in [0.15, 0.2) is 0 Å². The van der Waals surface area contributed by atoms with Crippen LogP contribution in [0.2, 0.25) is 0 Å². The van der Waals surface area contributed by atoms with Crippen LogP contribution in [0.25, 0.3) is 0 Å². The fourth-order valence-corrected chi connectivity index (χ4v) is 2.79. The molecule has 7 nitrogen and oxygen atoms in total. The molecule has 2 aromatic rings. The quantitative estimate of drug-likeness (QED) is 0.591. The molecule has 0 aliphatic rings. The van der Waals surface area contributed by atoms with Crippen molar-refractivity contribution in [1.82, 2.24) is 16.0 Å². The van der Waals surface area contributed by atoms with Crippen molar-refractivity contribution in [3.63, 3.8) is 0 Å². The van der Waals surface area contributed by atoms with Gasteiger partial charge in [0.1, 0.15) is 6.04 Å². The molecule has 0 heterocycles. The number of imide groups is 1. The highest BCUT2D eigenvalue weighted by atomic mass is 16.2. The summed E-state index contributed by atoms with van der Waals surface area (Å²) in [7, 11) is 0. The van der Waals surface area contributed by atoms with E-state index in [2.05, 4.69) is 21.3 Å². The Bertz CT molecular complexity index is 817. The van der Waals surface area contributed by atoms with E-state index in [-0.39, 0.29) is 12.5 Å². The lowest BCUT2D eigenvalue weighted by atomic mass is 10.1. The van der Waals surface area contributed by atoms with Crippen molar-refractivity contribution in [2.24, 2.45) is 0 Å². The van der Waals surface area contributed by atoms with Gasteiger partial charge in [-0.25, -0.2) is 4.79 Å². The average molecular weight is 382 g/mol. The first-order valence-electron chi connectivity index (χ1n) is 9.15. The lowest BCUT2D eigenvalue weighted by molar-refractivity contribution is -0.122. The van der Waals surface area contributed by atoms with Crippen LogP contribution in [0.4, 0.5) is 10.5 Å². The zero-order chi connectivity index (χ0) is 20.5. The monoisotopic (exact) mass is 382 g/mol. The normalized spacial score (nSPS) is 11.4. The first-order valence-corrected chi connectivity index (χ1v) is 9.15. The van der Waals surface area contributed by atoms with Crippen molar-refractivity contribution < 1.29 is 14.4 Å². The number of amides is 4. The van der Waals surface area contributed by atoms with Gasteiger partial charge in [-0.15, -0.1) is 0 Å². The van der Waals surface area contributed by atoms with E-state index in [1.807, 2.05) is 38.1 Å². The Morgan fingerprint density at radius 1 is 0.929 bits per heavy atom. The van der Waals surface area contributed by atoms with E-state index in [0.717, 1.165) is 16.8 Å². The fourth-order valence-electron chi connectivity index (χ4n) is 2.79. The van der Waals surface area contributed by atoms with Crippen LogP contribution in [0.1, 0.15) is 29.7 Å². The second kappa shape index (κ2) is 10.2. The van der Waals surface area contributed by atoms with Crippen molar-refractivity contribution in [2.45, 2.75) is 26.8 Å². The summed E-state index contributed by atoms with van der Waals surface area (Å²) in [4.78, 5) is 36.7. The van der Waals surface area contributed by atoms with Crippen LogP contribution in [0.5, 0.6) is 0 Å². The molecule has 0 aromatic heterocycles. The fraction of sp³-hybridized carbons (Fsp3) is 0.286. The average Bonchev–Trinajstić information content (AvgIpc) is 2.66. The Hall–Kier alpha value is -3.19. The Morgan fingerprint density at radius 3 is 2.18 bits per heavy atom. The summed E-state index contributed by atoms with van der Waals surface area (Å²) < 4.78 is 0. The summed E-state index contributed by atoms with van der Waals surface area (Å²) in [6.45, 7) is 5.91. The topological polar surface area (TPSA) is 99.3 Å². The number of benzene rings is 2. The van der Waals surface area contributed by atoms with Gasteiger partial charge in [-0.1, -0.05) is 48.5 Å². The van der Waals surface area contributed by atoms with E-state index in [1.165, 1.54) is 0 Å². The first kappa shape index (κ1) is 21.1. The van der Waals surface area contributed by atoms with Crippen LogP contribution in [0.3, 0.4) is 0 Å². The summed E-state index contributed by atoms with van der Waals surface area (Å²) in [6.07, 6.45) is 0. The predicted molar refractivity (Wildman–Crippen MR) is 109 cm³/mol. The van der Waals surface area contributed by atoms with Gasteiger partial charge in [-0.2, -0.15) is 0 Å². The molecule has 0 aliphatic heterocycles. The molecule has 0 spiro atoms. The van der Waals surface area contributed by atoms with E-state index in [4.69, 9.17) is 0 Å². The highest BCUT2D eigenvalue weighted by Crippen LogP contribution is 2.19. The molecule has 4 N–H and O–H groups in total. The standard InChI is InChI=1S/C21H26N4O3/c1-4-22-21(28)25-20(27)19(16-11-6-5-7-12-16)23-13-17(26)24-18-14(2)9-8-10-15(18)3/h5-12,19,23H,4,13H2,1-3H3,(H,24,26)(H2,22,25,27,28)/t19-/m0/s1. The summed E-state index contributed by atoms with van der Waals surface area (Å²) in [5, 5.41) is 10.6. The van der Waals surface area contributed by atoms with Crippen molar-refractivity contribution in [3.05, 3.63) is 65.2 Å². The van der Waals surface area contributed by atoms with Gasteiger partial charge in [0.2, 0.25) is 11.8 Å². The summed E-state index contributed by atoms with van der Waals surface area (Å²) in [6, 6.07) is 13.3. The number of aryl methyl sites for hydroxylation is 2. The van der Waals surface area contributed by atoms with Gasteiger partial charge in [-0.05, 0) is 37.5 Å². The molecule has 0 saturated carbocycles. The third-order valence-electron chi connectivity index (χ3n) is 4.18. The van der Waals surface area contributed by atoms with E-state index in [9.17, 15) is 14.4 Å². The minimum absolute atomic E-state index is 0.0872. The molecule has 2 aromatic carbocycles. The minimum Gasteiger partial charge on any atom is -0.338 e. The maximum absolute atomic E-state index is 12.5. The molecule has 148 valence electrons. The van der Waals surface area contributed by atoms with Gasteiger partial charge in [0.25, 0.3) is 0 Å². The van der Waals surface area contributed by atoms with Crippen LogP contribution in [-0.2, 0) is 9.59 Å². The van der Waals surface area contributed by atoms with E-state index in [1.54, 1.807) is 31.2 Å². The molecule has 7 heteroatoms. The number of carbonyl (C=O) groups is 3. The van der Waals surface area contributed by atoms with Crippen LogP contribution in [0.15, 0.2) is 48.5 Å². The molecule has 1 atom stereocenters. The molecule has 2 rings (SSSR count). The maximum atomic E-state index is 12.5. The van der Waals surface area contributed by atoms with Crippen LogP contribution >= 0.6 is 0 Å². The third-order valence-corrected chi connectivity index (χ3v) is 4.18. The van der Waals surface area contributed by atoms with E-state index >= 15 is 0 Å². The van der Waals surface area contributed by atoms with Crippen molar-refractivity contribution in [2.75, 3.05) is 18.4 Å². The molecule has 0 fully saturated rings. The number of urea groups is 1. The van der Waals surface area contributed by atoms with Gasteiger partial charge in [-0.3, -0.25) is 20.2 Å². The summed E-state index contributed by atoms with van der Waals surface area (Å²) in [5.74, 6) is -0.804. The number of hydrogen-bond donors (Lipinski definition) is 4. The number of carbonyl (C=O) groups excluding carboxylic acids is 3. The molecule has 0 bridgehead atoms. The van der Waals surface area contributed by atoms with Gasteiger partial charge < -0.3 is 10.6 Å². The molecule has 0 unspecified atom stereocenters. The second-order valence-electron chi connectivity index (χ2n) is 6.39. The van der Waals surface area contributed by atoms with Crippen molar-refractivity contribution in [1.29, 1.82) is 0 Å². The highest BCUT2D eigenvalue weighted by Gasteiger charge is 2.22. The number of para-hydroxylation sites is 1. The number of hydrogen-bond acceptors (Lipinski definition) is 4. The number of nitrogens with one attached hydrogen (secondary N) is 4. The van der Waals surface area contributed by atoms with Crippen LogP contribution in [0, 0.1) is 13.8 Å². The van der Waals surface area contributed by atoms with Crippen molar-refractivity contribution >= 4 is 23.5 Å². The van der Waals surface area contributed by atoms with Gasteiger partial charge >= 0.3 is 6.03 Å². The highest BCUT2D eigenvalue weighted by molar-refractivity contribution is 5.98. The Morgan fingerprint density at radius 2 is 1.57 bits per heavy atom. The second-order valence-corrected chi connectivity index (χ2v) is 6.39. The smallest absolute Gasteiger partial charge is 0.321 e. The predicted octanol–water partition coefficient (Wildman–Crippen LogP) is 2.42. The molecular weight excluding hydrogens is 356 g/mol. The largest absolute Gasteiger partial charge is 0.338 e. The lowest BCUT2D eigenvalue weighted by Crippen LogP contribution is -2.46. The third kappa shape index (κ3) is 5.92. The lowest BCUT2D eigenvalue weighted by Gasteiger charge is -2.19. The zero-order valence-corrected chi connectivity index (χ0v) is 16.3. The molecular formula is C21H26N4O3. The Kier molecular flexibility index (Phi) is 7.71. The molecule has 0 radical (unpaired) electrons. The van der Waals surface area contributed by atoms with Crippen LogP contribution < -0.4 is 21.3 Å². The number of anilines is 1. The number of rotatable bonds is 7. The molecule has 28 heavy (non-hydrogen) atoms. The van der Waals surface area contributed by atoms with Crippen molar-refractivity contribution in [3.8, 4) is 0 Å². The molecule has 4 amide bonds.